The van der Waals surface area contributed by atoms with Crippen LogP contribution in [0.25, 0.3) is 0 Å². The molecule has 0 aliphatic rings. The molecule has 0 radical (unpaired) electrons. The van der Waals surface area contributed by atoms with Crippen LogP contribution in [0.2, 0.25) is 0 Å². The Kier molecular flexibility index (Phi) is 7.98. The summed E-state index contributed by atoms with van der Waals surface area (Å²) < 4.78 is 51.6. The summed E-state index contributed by atoms with van der Waals surface area (Å²) in [5.41, 5.74) is 1.06. The van der Waals surface area contributed by atoms with Gasteiger partial charge in [0.15, 0.2) is 0 Å². The minimum absolute atomic E-state index is 0.0137. The predicted molar refractivity (Wildman–Crippen MR) is 92.0 cm³/mol. The van der Waals surface area contributed by atoms with E-state index in [2.05, 4.69) is 0 Å². The molecule has 25 heavy (non-hydrogen) atoms. The highest BCUT2D eigenvalue weighted by Gasteiger charge is 2.59. The van der Waals surface area contributed by atoms with Gasteiger partial charge in [0.05, 0.1) is 13.2 Å². The topological polar surface area (TPSA) is 104 Å². The Bertz CT molecular complexity index is 683. The van der Waals surface area contributed by atoms with Gasteiger partial charge in [-0.2, -0.15) is 5.26 Å². The van der Waals surface area contributed by atoms with Crippen molar-refractivity contribution in [2.45, 2.75) is 26.1 Å². The molecule has 0 fully saturated rings. The van der Waals surface area contributed by atoms with Crippen LogP contribution in [0.15, 0.2) is 24.3 Å². The first-order chi connectivity index (χ1) is 11.8. The molecule has 8 nitrogen and oxygen atoms in total. The number of nitriles is 1. The quantitative estimate of drug-likeness (QED) is 0.542. The summed E-state index contributed by atoms with van der Waals surface area (Å²) in [5, 5.41) is 7.58. The van der Waals surface area contributed by atoms with Crippen molar-refractivity contribution in [3.05, 3.63) is 35.4 Å². The number of phosphoric acid groups is 1. The standard InChI is InChI=1S/C15H23NO7P2/c1-6-21-24(17,22-7-2)15(12-16,23-25(18,19-4)20-5)14-10-8-13(3)9-11-14/h8-11H,6-7H2,1-5H3. The molecule has 1 unspecified atom stereocenters. The van der Waals surface area contributed by atoms with Crippen LogP contribution in [0.5, 0.6) is 0 Å². The van der Waals surface area contributed by atoms with Crippen molar-refractivity contribution in [1.82, 2.24) is 0 Å². The van der Waals surface area contributed by atoms with Crippen LogP contribution in [0, 0.1) is 18.3 Å². The summed E-state index contributed by atoms with van der Waals surface area (Å²) in [6, 6.07) is 8.26. The van der Waals surface area contributed by atoms with Gasteiger partial charge < -0.3 is 9.05 Å². The lowest BCUT2D eigenvalue weighted by Crippen LogP contribution is -2.30. The Hall–Kier alpha value is -1.03. The van der Waals surface area contributed by atoms with Crippen molar-refractivity contribution >= 4 is 15.4 Å². The molecular weight excluding hydrogens is 368 g/mol. The van der Waals surface area contributed by atoms with Crippen molar-refractivity contribution in [3.63, 3.8) is 0 Å². The molecule has 1 atom stereocenters. The van der Waals surface area contributed by atoms with Crippen LogP contribution in [0.1, 0.15) is 25.0 Å². The zero-order valence-electron chi connectivity index (χ0n) is 14.9. The minimum Gasteiger partial charge on any atom is -0.306 e. The second-order valence-electron chi connectivity index (χ2n) is 4.86. The van der Waals surface area contributed by atoms with Crippen LogP contribution in [-0.2, 0) is 37.1 Å². The third-order valence-electron chi connectivity index (χ3n) is 3.27. The number of aryl methyl sites for hydroxylation is 1. The molecule has 1 aromatic carbocycles. The molecule has 0 aliphatic carbocycles. The Balaban J connectivity index is 3.69. The van der Waals surface area contributed by atoms with Gasteiger partial charge in [0.25, 0.3) is 5.34 Å². The second-order valence-corrected chi connectivity index (χ2v) is 8.81. The summed E-state index contributed by atoms with van der Waals surface area (Å²) in [6.07, 6.45) is 0. The third kappa shape index (κ3) is 4.58. The predicted octanol–water partition coefficient (Wildman–Crippen LogP) is 4.36. The molecule has 0 aromatic heterocycles. The first-order valence-electron chi connectivity index (χ1n) is 7.56. The fraction of sp³-hybridized carbons (Fsp3) is 0.533. The smallest absolute Gasteiger partial charge is 0.306 e. The average molecular weight is 391 g/mol. The van der Waals surface area contributed by atoms with Gasteiger partial charge in [0, 0.05) is 19.8 Å². The molecule has 0 aliphatic heterocycles. The van der Waals surface area contributed by atoms with E-state index in [1.165, 1.54) is 12.1 Å². The minimum atomic E-state index is -4.24. The molecular formula is C15H23NO7P2. The lowest BCUT2D eigenvalue weighted by atomic mass is 10.1. The number of hydrogen-bond acceptors (Lipinski definition) is 8. The zero-order chi connectivity index (χ0) is 19.1. The number of rotatable bonds is 10. The van der Waals surface area contributed by atoms with Crippen molar-refractivity contribution in [1.29, 1.82) is 5.26 Å². The monoisotopic (exact) mass is 391 g/mol. The van der Waals surface area contributed by atoms with Crippen molar-refractivity contribution in [2.24, 2.45) is 0 Å². The van der Waals surface area contributed by atoms with Gasteiger partial charge in [0.1, 0.15) is 6.07 Å². The second kappa shape index (κ2) is 9.07. The average Bonchev–Trinajstić information content (AvgIpc) is 2.60. The van der Waals surface area contributed by atoms with Gasteiger partial charge in [-0.15, -0.1) is 0 Å². The maximum atomic E-state index is 13.4. The van der Waals surface area contributed by atoms with Crippen molar-refractivity contribution in [3.8, 4) is 6.07 Å². The number of nitrogens with zero attached hydrogens (tertiary/aromatic N) is 1. The summed E-state index contributed by atoms with van der Waals surface area (Å²) >= 11 is 0. The van der Waals surface area contributed by atoms with E-state index < -0.39 is 20.8 Å². The Morgan fingerprint density at radius 2 is 1.52 bits per heavy atom. The molecule has 0 saturated heterocycles. The SMILES string of the molecule is CCOP(=O)(OCC)C(C#N)(OP(=O)(OC)OC)c1ccc(C)cc1. The maximum absolute atomic E-state index is 13.4. The normalized spacial score (nSPS) is 14.7. The van der Waals surface area contributed by atoms with Crippen LogP contribution >= 0.6 is 15.4 Å². The highest BCUT2D eigenvalue weighted by Crippen LogP contribution is 2.70. The molecule has 0 spiro atoms. The van der Waals surface area contributed by atoms with E-state index in [-0.39, 0.29) is 18.8 Å². The summed E-state index contributed by atoms with van der Waals surface area (Å²) in [4.78, 5) is 0. The Morgan fingerprint density at radius 1 is 1.04 bits per heavy atom. The highest BCUT2D eigenvalue weighted by molar-refractivity contribution is 7.56. The summed E-state index contributed by atoms with van der Waals surface area (Å²) in [7, 11) is -6.25. The third-order valence-corrected chi connectivity index (χ3v) is 7.22. The molecule has 0 N–H and O–H groups in total. The molecule has 0 heterocycles. The van der Waals surface area contributed by atoms with E-state index in [1.807, 2.05) is 13.0 Å². The van der Waals surface area contributed by atoms with Crippen molar-refractivity contribution in [2.75, 3.05) is 27.4 Å². The highest BCUT2D eigenvalue weighted by atomic mass is 31.2. The summed E-state index contributed by atoms with van der Waals surface area (Å²) in [6.45, 7) is 5.00. The van der Waals surface area contributed by atoms with Crippen LogP contribution in [-0.4, -0.2) is 27.4 Å². The molecule has 0 bridgehead atoms. The number of hydrogen-bond donors (Lipinski definition) is 0. The fourth-order valence-corrected chi connectivity index (χ4v) is 5.23. The van der Waals surface area contributed by atoms with Gasteiger partial charge in [0.2, 0.25) is 0 Å². The summed E-state index contributed by atoms with van der Waals surface area (Å²) in [5.74, 6) is 0. The molecule has 10 heteroatoms. The van der Waals surface area contributed by atoms with Gasteiger partial charge in [-0.25, -0.2) is 9.09 Å². The Labute approximate surface area is 148 Å². The zero-order valence-corrected chi connectivity index (χ0v) is 16.7. The number of benzene rings is 1. The molecule has 1 rings (SSSR count). The fourth-order valence-electron chi connectivity index (χ4n) is 2.06. The molecule has 0 amide bonds. The van der Waals surface area contributed by atoms with Gasteiger partial charge in [-0.3, -0.25) is 13.6 Å². The Morgan fingerprint density at radius 3 is 1.88 bits per heavy atom. The van der Waals surface area contributed by atoms with Crippen molar-refractivity contribution < 1.29 is 31.7 Å². The molecule has 140 valence electrons. The van der Waals surface area contributed by atoms with Crippen LogP contribution in [0.4, 0.5) is 0 Å². The van der Waals surface area contributed by atoms with Gasteiger partial charge in [-0.1, -0.05) is 29.8 Å². The first-order valence-corrected chi connectivity index (χ1v) is 10.6. The largest absolute Gasteiger partial charge is 0.476 e. The maximum Gasteiger partial charge on any atom is 0.476 e. The van der Waals surface area contributed by atoms with E-state index in [1.54, 1.807) is 26.0 Å². The van der Waals surface area contributed by atoms with Crippen LogP contribution < -0.4 is 0 Å². The first kappa shape index (κ1) is 22.0. The van der Waals surface area contributed by atoms with E-state index in [0.29, 0.717) is 0 Å². The molecule has 0 saturated carbocycles. The van der Waals surface area contributed by atoms with E-state index in [4.69, 9.17) is 22.6 Å². The van der Waals surface area contributed by atoms with E-state index in [0.717, 1.165) is 19.8 Å². The lowest BCUT2D eigenvalue weighted by Gasteiger charge is -2.34. The van der Waals surface area contributed by atoms with Crippen LogP contribution in [0.3, 0.4) is 0 Å². The number of phosphoric ester groups is 1. The van der Waals surface area contributed by atoms with Gasteiger partial charge in [-0.05, 0) is 20.8 Å². The molecule has 1 aromatic rings. The lowest BCUT2D eigenvalue weighted by molar-refractivity contribution is 0.0737. The van der Waals surface area contributed by atoms with E-state index >= 15 is 0 Å². The van der Waals surface area contributed by atoms with Gasteiger partial charge >= 0.3 is 15.4 Å². The van der Waals surface area contributed by atoms with E-state index in [9.17, 15) is 14.4 Å².